The summed E-state index contributed by atoms with van der Waals surface area (Å²) in [6.07, 6.45) is 20.6. The second-order valence-corrected chi connectivity index (χ2v) is 10.1. The minimum atomic E-state index is -0.711. The lowest BCUT2D eigenvalue weighted by Crippen LogP contribution is -2.44. The molecule has 0 aliphatic heterocycles. The maximum atomic E-state index is 9.60. The smallest absolute Gasteiger partial charge is 0.404 e. The summed E-state index contributed by atoms with van der Waals surface area (Å²) in [5, 5.41) is 12.3. The van der Waals surface area contributed by atoms with Gasteiger partial charge in [-0.1, -0.05) is 72.5 Å². The second kappa shape index (κ2) is 10.6. The Hall–Kier alpha value is -2.56. The summed E-state index contributed by atoms with van der Waals surface area (Å²) in [5.41, 5.74) is 8.81. The standard InChI is InChI=1S/C25H31NO.C3H7NO2/c27-26-17-20-8-2-1-7-19(20)16-25-14-5-10-24(25)23-12-11-18-6-3-4-9-21(18)22(23)13-15-25;1-2-6-3(4)5/h1-2,5,7-8,10,14,17-18,21-23,27H,3-4,6,9,11-13,15-16H2;2H2,1H3,(H2,4,5)/t18?,21-,22+,23+,25-;/m0./s1. The van der Waals surface area contributed by atoms with Gasteiger partial charge >= 0.3 is 6.09 Å². The van der Waals surface area contributed by atoms with Crippen molar-refractivity contribution in [3.05, 3.63) is 59.2 Å². The van der Waals surface area contributed by atoms with Crippen molar-refractivity contribution in [3.63, 3.8) is 0 Å². The van der Waals surface area contributed by atoms with Gasteiger partial charge in [-0.3, -0.25) is 0 Å². The van der Waals surface area contributed by atoms with Crippen LogP contribution in [0, 0.1) is 29.1 Å². The Morgan fingerprint density at radius 3 is 2.76 bits per heavy atom. The van der Waals surface area contributed by atoms with E-state index in [1.165, 1.54) is 56.9 Å². The third-order valence-electron chi connectivity index (χ3n) is 8.52. The number of allylic oxidation sites excluding steroid dienone is 4. The number of primary amides is 1. The van der Waals surface area contributed by atoms with Gasteiger partial charge in [0.2, 0.25) is 0 Å². The summed E-state index contributed by atoms with van der Waals surface area (Å²) in [6.45, 7) is 2.06. The molecule has 1 amide bonds. The van der Waals surface area contributed by atoms with Crippen LogP contribution in [0.25, 0.3) is 0 Å². The molecule has 0 radical (unpaired) electrons. The summed E-state index contributed by atoms with van der Waals surface area (Å²) in [4.78, 5) is 9.60. The fourth-order valence-corrected chi connectivity index (χ4v) is 7.22. The number of carbonyl (C=O) groups is 1. The summed E-state index contributed by atoms with van der Waals surface area (Å²) in [7, 11) is 0. The minimum Gasteiger partial charge on any atom is -0.450 e. The predicted molar refractivity (Wildman–Crippen MR) is 131 cm³/mol. The van der Waals surface area contributed by atoms with Gasteiger partial charge in [0.05, 0.1) is 12.8 Å². The van der Waals surface area contributed by atoms with Gasteiger partial charge in [-0.2, -0.15) is 0 Å². The largest absolute Gasteiger partial charge is 0.450 e. The maximum Gasteiger partial charge on any atom is 0.404 e. The highest BCUT2D eigenvalue weighted by molar-refractivity contribution is 5.81. The minimum absolute atomic E-state index is 0.196. The number of hydrogen-bond donors (Lipinski definition) is 2. The summed E-state index contributed by atoms with van der Waals surface area (Å²) < 4.78 is 4.18. The molecule has 5 atom stereocenters. The number of fused-ring (bicyclic) bond motifs is 5. The molecule has 3 N–H and O–H groups in total. The molecule has 3 saturated carbocycles. The first-order chi connectivity index (χ1) is 16.1. The number of hydrogen-bond acceptors (Lipinski definition) is 4. The monoisotopic (exact) mass is 450 g/mol. The lowest BCUT2D eigenvalue weighted by molar-refractivity contribution is 0.0318. The van der Waals surface area contributed by atoms with Crippen molar-refractivity contribution in [2.45, 2.75) is 64.7 Å². The zero-order chi connectivity index (χ0) is 23.3. The van der Waals surface area contributed by atoms with E-state index in [0.717, 1.165) is 35.7 Å². The number of carbonyl (C=O) groups excluding carboxylic acids is 1. The fraction of sp³-hybridized carbons (Fsp3) is 0.571. The molecule has 0 aromatic heterocycles. The van der Waals surface area contributed by atoms with Gasteiger partial charge in [-0.05, 0) is 80.2 Å². The molecule has 1 unspecified atom stereocenters. The average Bonchev–Trinajstić information content (AvgIpc) is 3.25. The Labute approximate surface area is 197 Å². The average molecular weight is 451 g/mol. The molecule has 4 aliphatic carbocycles. The van der Waals surface area contributed by atoms with Crippen LogP contribution in [0.2, 0.25) is 0 Å². The Morgan fingerprint density at radius 2 is 2.00 bits per heavy atom. The lowest BCUT2D eigenvalue weighted by atomic mass is 9.51. The highest BCUT2D eigenvalue weighted by atomic mass is 16.5. The quantitative estimate of drug-likeness (QED) is 0.323. The highest BCUT2D eigenvalue weighted by Gasteiger charge is 2.50. The van der Waals surface area contributed by atoms with E-state index in [-0.39, 0.29) is 5.41 Å². The first kappa shape index (κ1) is 23.6. The van der Waals surface area contributed by atoms with Gasteiger partial charge in [-0.15, -0.1) is 0 Å². The van der Waals surface area contributed by atoms with E-state index in [9.17, 15) is 4.79 Å². The van der Waals surface area contributed by atoms with Gasteiger partial charge in [0.1, 0.15) is 0 Å². The van der Waals surface area contributed by atoms with E-state index in [1.54, 1.807) is 18.7 Å². The van der Waals surface area contributed by atoms with Gasteiger partial charge in [-0.25, -0.2) is 4.79 Å². The van der Waals surface area contributed by atoms with E-state index in [1.807, 2.05) is 6.07 Å². The number of oxime groups is 1. The van der Waals surface area contributed by atoms with Crippen molar-refractivity contribution < 1.29 is 14.7 Å². The van der Waals surface area contributed by atoms with Crippen molar-refractivity contribution >= 4 is 12.3 Å². The molecule has 178 valence electrons. The van der Waals surface area contributed by atoms with Gasteiger partial charge < -0.3 is 15.7 Å². The molecule has 0 bridgehead atoms. The third kappa shape index (κ3) is 5.02. The number of ether oxygens (including phenoxy) is 1. The highest BCUT2D eigenvalue weighted by Crippen LogP contribution is 2.60. The van der Waals surface area contributed by atoms with E-state index in [4.69, 9.17) is 5.21 Å². The van der Waals surface area contributed by atoms with Crippen LogP contribution in [0.15, 0.2) is 53.2 Å². The molecule has 3 fully saturated rings. The number of rotatable bonds is 4. The molecule has 0 saturated heterocycles. The molecule has 5 heteroatoms. The van der Waals surface area contributed by atoms with Crippen molar-refractivity contribution in [1.29, 1.82) is 0 Å². The van der Waals surface area contributed by atoms with Gasteiger partial charge in [0.15, 0.2) is 0 Å². The van der Waals surface area contributed by atoms with Gasteiger partial charge in [0.25, 0.3) is 0 Å². The van der Waals surface area contributed by atoms with E-state index in [0.29, 0.717) is 6.61 Å². The van der Waals surface area contributed by atoms with Crippen LogP contribution in [-0.4, -0.2) is 24.1 Å². The van der Waals surface area contributed by atoms with Crippen molar-refractivity contribution in [2.75, 3.05) is 6.61 Å². The predicted octanol–water partition coefficient (Wildman–Crippen LogP) is 6.25. The molecule has 0 heterocycles. The maximum absolute atomic E-state index is 9.60. The second-order valence-electron chi connectivity index (χ2n) is 10.1. The number of nitrogens with two attached hydrogens (primary N) is 1. The lowest BCUT2D eigenvalue weighted by Gasteiger charge is -2.53. The van der Waals surface area contributed by atoms with E-state index >= 15 is 0 Å². The van der Waals surface area contributed by atoms with Crippen molar-refractivity contribution in [2.24, 2.45) is 40.0 Å². The Morgan fingerprint density at radius 1 is 1.18 bits per heavy atom. The number of amides is 1. The molecular formula is C28H38N2O3. The Kier molecular flexibility index (Phi) is 7.56. The molecule has 5 rings (SSSR count). The summed E-state index contributed by atoms with van der Waals surface area (Å²) in [5.74, 6) is 3.74. The Balaban J connectivity index is 0.000000385. The topological polar surface area (TPSA) is 84.9 Å². The number of benzene rings is 1. The first-order valence-electron chi connectivity index (χ1n) is 12.7. The summed E-state index contributed by atoms with van der Waals surface area (Å²) >= 11 is 0. The van der Waals surface area contributed by atoms with Crippen LogP contribution >= 0.6 is 0 Å². The zero-order valence-electron chi connectivity index (χ0n) is 19.8. The van der Waals surface area contributed by atoms with E-state index < -0.39 is 6.09 Å². The summed E-state index contributed by atoms with van der Waals surface area (Å²) in [6, 6.07) is 8.41. The van der Waals surface area contributed by atoms with E-state index in [2.05, 4.69) is 52.1 Å². The molecule has 1 aromatic carbocycles. The zero-order valence-corrected chi connectivity index (χ0v) is 19.8. The normalized spacial score (nSPS) is 32.1. The van der Waals surface area contributed by atoms with Crippen LogP contribution in [-0.2, 0) is 11.2 Å². The molecule has 1 aromatic rings. The molecule has 5 nitrogen and oxygen atoms in total. The third-order valence-corrected chi connectivity index (χ3v) is 8.52. The van der Waals surface area contributed by atoms with Crippen LogP contribution < -0.4 is 5.73 Å². The Bertz CT molecular complexity index is 921. The van der Waals surface area contributed by atoms with Crippen LogP contribution in [0.3, 0.4) is 0 Å². The molecule has 0 spiro atoms. The van der Waals surface area contributed by atoms with Crippen molar-refractivity contribution in [3.8, 4) is 0 Å². The van der Waals surface area contributed by atoms with Gasteiger partial charge in [0, 0.05) is 5.41 Å². The molecule has 33 heavy (non-hydrogen) atoms. The van der Waals surface area contributed by atoms with Crippen molar-refractivity contribution in [1.82, 2.24) is 0 Å². The first-order valence-corrected chi connectivity index (χ1v) is 12.7. The fourth-order valence-electron chi connectivity index (χ4n) is 7.22. The number of nitrogens with zero attached hydrogens (tertiary/aromatic N) is 1. The van der Waals surface area contributed by atoms with Crippen LogP contribution in [0.5, 0.6) is 0 Å². The molecule has 4 aliphatic rings. The SMILES string of the molecule is CCOC(N)=O.ON=Cc1ccccc1C[C@@]12C=CC=C1[C@@H]1CCC3CCCC[C@@H]3[C@H]1CC2. The molecular weight excluding hydrogens is 412 g/mol. The van der Waals surface area contributed by atoms with Crippen LogP contribution in [0.4, 0.5) is 4.79 Å². The van der Waals surface area contributed by atoms with Crippen LogP contribution in [0.1, 0.15) is 69.4 Å².